The quantitative estimate of drug-likeness (QED) is 0.627. The molecule has 2 nitrogen and oxygen atoms in total. The average Bonchev–Trinajstić information content (AvgIpc) is 2.14. The summed E-state index contributed by atoms with van der Waals surface area (Å²) >= 11 is 4.76. The Labute approximate surface area is 95.7 Å². The number of hydrogen-bond acceptors (Lipinski definition) is 2. The van der Waals surface area contributed by atoms with E-state index in [1.807, 2.05) is 44.2 Å². The fraction of sp³-hybridized carbons (Fsp3) is 0.250. The van der Waals surface area contributed by atoms with Gasteiger partial charge in [-0.15, -0.1) is 0 Å². The maximum absolute atomic E-state index is 5.56. The van der Waals surface area contributed by atoms with E-state index in [4.69, 9.17) is 22.7 Å². The smallest absolute Gasteiger partial charge is 0.120 e. The number of hydrogen-bond donors (Lipinski definition) is 1. The van der Waals surface area contributed by atoms with E-state index in [1.165, 1.54) is 0 Å². The highest BCUT2D eigenvalue weighted by Gasteiger charge is 1.97. The van der Waals surface area contributed by atoms with Crippen LogP contribution >= 0.6 is 12.2 Å². The van der Waals surface area contributed by atoms with Gasteiger partial charge in [0.2, 0.25) is 0 Å². The average molecular weight is 221 g/mol. The van der Waals surface area contributed by atoms with Crippen LogP contribution in [0.25, 0.3) is 6.08 Å². The van der Waals surface area contributed by atoms with Crippen molar-refractivity contribution in [3.8, 4) is 5.75 Å². The van der Waals surface area contributed by atoms with Crippen LogP contribution in [0.15, 0.2) is 30.3 Å². The number of rotatable bonds is 4. The van der Waals surface area contributed by atoms with E-state index in [0.29, 0.717) is 4.99 Å². The van der Waals surface area contributed by atoms with Gasteiger partial charge in [-0.3, -0.25) is 0 Å². The standard InChI is InChI=1S/C12H15NOS/c1-9(2)14-11-5-3-4-10(8-11)6-7-12(13)15/h3-9H,1-2H3,(H2,13,15)/b7-6-. The van der Waals surface area contributed by atoms with Crippen molar-refractivity contribution in [3.63, 3.8) is 0 Å². The Bertz CT molecular complexity index is 372. The molecule has 15 heavy (non-hydrogen) atoms. The highest BCUT2D eigenvalue weighted by Crippen LogP contribution is 2.15. The molecule has 0 spiro atoms. The number of ether oxygens (including phenoxy) is 1. The Morgan fingerprint density at radius 1 is 1.47 bits per heavy atom. The molecule has 0 heterocycles. The Morgan fingerprint density at radius 2 is 2.20 bits per heavy atom. The van der Waals surface area contributed by atoms with E-state index in [1.54, 1.807) is 6.08 Å². The van der Waals surface area contributed by atoms with Crippen molar-refractivity contribution in [2.24, 2.45) is 5.73 Å². The lowest BCUT2D eigenvalue weighted by Gasteiger charge is -2.09. The van der Waals surface area contributed by atoms with Crippen LogP contribution in [0, 0.1) is 0 Å². The minimum atomic E-state index is 0.180. The van der Waals surface area contributed by atoms with Crippen molar-refractivity contribution in [2.45, 2.75) is 20.0 Å². The third kappa shape index (κ3) is 4.61. The molecule has 0 amide bonds. The predicted octanol–water partition coefficient (Wildman–Crippen LogP) is 2.77. The molecule has 1 rings (SSSR count). The summed E-state index contributed by atoms with van der Waals surface area (Å²) in [7, 11) is 0. The van der Waals surface area contributed by atoms with E-state index in [-0.39, 0.29) is 6.10 Å². The zero-order valence-electron chi connectivity index (χ0n) is 8.94. The van der Waals surface area contributed by atoms with Gasteiger partial charge < -0.3 is 10.5 Å². The Kier molecular flexibility index (Phi) is 4.31. The summed E-state index contributed by atoms with van der Waals surface area (Å²) in [5, 5.41) is 0. The van der Waals surface area contributed by atoms with Crippen molar-refractivity contribution in [1.29, 1.82) is 0 Å². The molecule has 0 aliphatic heterocycles. The van der Waals surface area contributed by atoms with E-state index in [0.717, 1.165) is 11.3 Å². The Morgan fingerprint density at radius 3 is 2.80 bits per heavy atom. The van der Waals surface area contributed by atoms with Gasteiger partial charge in [-0.25, -0.2) is 0 Å². The molecule has 1 aromatic carbocycles. The minimum Gasteiger partial charge on any atom is -0.491 e. The highest BCUT2D eigenvalue weighted by atomic mass is 32.1. The molecule has 0 aromatic heterocycles. The molecule has 3 heteroatoms. The van der Waals surface area contributed by atoms with Gasteiger partial charge in [-0.2, -0.15) is 0 Å². The molecule has 0 aliphatic carbocycles. The molecule has 0 unspecified atom stereocenters. The van der Waals surface area contributed by atoms with Crippen LogP contribution in [0.5, 0.6) is 5.75 Å². The monoisotopic (exact) mass is 221 g/mol. The number of nitrogens with two attached hydrogens (primary N) is 1. The number of thiocarbonyl (C=S) groups is 1. The van der Waals surface area contributed by atoms with Gasteiger partial charge in [0.05, 0.1) is 11.1 Å². The van der Waals surface area contributed by atoms with Crippen molar-refractivity contribution >= 4 is 23.3 Å². The molecule has 2 N–H and O–H groups in total. The summed E-state index contributed by atoms with van der Waals surface area (Å²) in [6.45, 7) is 4.00. The van der Waals surface area contributed by atoms with E-state index < -0.39 is 0 Å². The largest absolute Gasteiger partial charge is 0.491 e. The summed E-state index contributed by atoms with van der Waals surface area (Å²) < 4.78 is 5.56. The summed E-state index contributed by atoms with van der Waals surface area (Å²) in [5.41, 5.74) is 6.40. The minimum absolute atomic E-state index is 0.180. The molecule has 0 saturated heterocycles. The second-order valence-electron chi connectivity index (χ2n) is 3.47. The Hall–Kier alpha value is -1.35. The van der Waals surface area contributed by atoms with E-state index >= 15 is 0 Å². The summed E-state index contributed by atoms with van der Waals surface area (Å²) in [5.74, 6) is 0.857. The van der Waals surface area contributed by atoms with Gasteiger partial charge in [0.15, 0.2) is 0 Å². The van der Waals surface area contributed by atoms with Crippen LogP contribution < -0.4 is 10.5 Å². The second-order valence-corrected chi connectivity index (χ2v) is 3.95. The van der Waals surface area contributed by atoms with Gasteiger partial charge >= 0.3 is 0 Å². The van der Waals surface area contributed by atoms with Crippen molar-refractivity contribution in [1.82, 2.24) is 0 Å². The first kappa shape index (κ1) is 11.7. The lowest BCUT2D eigenvalue weighted by molar-refractivity contribution is 0.242. The van der Waals surface area contributed by atoms with Gasteiger partial charge in [0.25, 0.3) is 0 Å². The molecule has 0 radical (unpaired) electrons. The predicted molar refractivity (Wildman–Crippen MR) is 68.0 cm³/mol. The normalized spacial score (nSPS) is 10.9. The first-order valence-corrected chi connectivity index (χ1v) is 5.23. The molecule has 1 aromatic rings. The van der Waals surface area contributed by atoms with E-state index in [9.17, 15) is 0 Å². The molecular weight excluding hydrogens is 206 g/mol. The summed E-state index contributed by atoms with van der Waals surface area (Å²) in [6.07, 6.45) is 3.75. The van der Waals surface area contributed by atoms with Crippen LogP contribution in [-0.2, 0) is 0 Å². The SMILES string of the molecule is CC(C)Oc1cccc(/C=C\C(N)=S)c1. The first-order chi connectivity index (χ1) is 7.08. The van der Waals surface area contributed by atoms with Crippen LogP contribution in [0.4, 0.5) is 0 Å². The highest BCUT2D eigenvalue weighted by molar-refractivity contribution is 7.80. The molecular formula is C12H15NOS. The van der Waals surface area contributed by atoms with Crippen molar-refractivity contribution < 1.29 is 4.74 Å². The van der Waals surface area contributed by atoms with Crippen LogP contribution in [0.2, 0.25) is 0 Å². The fourth-order valence-corrected chi connectivity index (χ4v) is 1.21. The topological polar surface area (TPSA) is 35.2 Å². The third-order valence-electron chi connectivity index (χ3n) is 1.67. The zero-order valence-corrected chi connectivity index (χ0v) is 9.75. The van der Waals surface area contributed by atoms with Gasteiger partial charge in [0, 0.05) is 0 Å². The van der Waals surface area contributed by atoms with Crippen LogP contribution in [0.1, 0.15) is 19.4 Å². The first-order valence-electron chi connectivity index (χ1n) is 4.82. The van der Waals surface area contributed by atoms with Crippen molar-refractivity contribution in [3.05, 3.63) is 35.9 Å². The molecule has 80 valence electrons. The molecule has 0 bridgehead atoms. The zero-order chi connectivity index (χ0) is 11.3. The maximum Gasteiger partial charge on any atom is 0.120 e. The fourth-order valence-electron chi connectivity index (χ4n) is 1.14. The van der Waals surface area contributed by atoms with Crippen LogP contribution in [-0.4, -0.2) is 11.1 Å². The lowest BCUT2D eigenvalue weighted by Crippen LogP contribution is -2.05. The summed E-state index contributed by atoms with van der Waals surface area (Å²) in [4.78, 5) is 0.380. The van der Waals surface area contributed by atoms with E-state index in [2.05, 4.69) is 0 Å². The molecule has 0 fully saturated rings. The van der Waals surface area contributed by atoms with Gasteiger partial charge in [-0.1, -0.05) is 30.4 Å². The van der Waals surface area contributed by atoms with Gasteiger partial charge in [-0.05, 0) is 37.6 Å². The van der Waals surface area contributed by atoms with Crippen molar-refractivity contribution in [2.75, 3.05) is 0 Å². The third-order valence-corrected chi connectivity index (χ3v) is 1.81. The second kappa shape index (κ2) is 5.51. The number of benzene rings is 1. The van der Waals surface area contributed by atoms with Gasteiger partial charge in [0.1, 0.15) is 5.75 Å². The lowest BCUT2D eigenvalue weighted by atomic mass is 10.2. The van der Waals surface area contributed by atoms with Crippen LogP contribution in [0.3, 0.4) is 0 Å². The molecule has 0 saturated carbocycles. The summed E-state index contributed by atoms with van der Waals surface area (Å²) in [6, 6.07) is 7.80. The molecule has 0 aliphatic rings. The molecule has 0 atom stereocenters. The maximum atomic E-state index is 5.56. The Balaban J connectivity index is 2.78.